The van der Waals surface area contributed by atoms with Crippen LogP contribution < -0.4 is 21.5 Å². The summed E-state index contributed by atoms with van der Waals surface area (Å²) in [5, 5.41) is 2.77. The first-order chi connectivity index (χ1) is 9.51. The third kappa shape index (κ3) is 6.19. The Kier molecular flexibility index (Phi) is 6.52. The normalized spacial score (nSPS) is 11.7. The van der Waals surface area contributed by atoms with Crippen LogP contribution in [0.1, 0.15) is 19.8 Å². The minimum Gasteiger partial charge on any atom is -0.484 e. The maximum atomic E-state index is 11.7. The highest BCUT2D eigenvalue weighted by atomic mass is 16.5. The molecule has 6 nitrogen and oxygen atoms in total. The van der Waals surface area contributed by atoms with Gasteiger partial charge in [-0.15, -0.1) is 0 Å². The van der Waals surface area contributed by atoms with E-state index in [2.05, 4.69) is 5.32 Å². The molecular weight excluding hydrogens is 258 g/mol. The Morgan fingerprint density at radius 1 is 1.40 bits per heavy atom. The number of carbonyl (C=O) groups is 2. The molecule has 0 aliphatic heterocycles. The summed E-state index contributed by atoms with van der Waals surface area (Å²) < 4.78 is 5.16. The second kappa shape index (κ2) is 8.16. The van der Waals surface area contributed by atoms with Gasteiger partial charge in [0.1, 0.15) is 5.75 Å². The first-order valence-electron chi connectivity index (χ1n) is 6.52. The standard InChI is InChI=1S/C14H21N3O3/c1-10(8-15)5-6-14(19)17-11-3-2-4-12(7-11)20-9-13(16)18/h2-4,7,10H,5-6,8-9,15H2,1H3,(H2,16,18)(H,17,19). The summed E-state index contributed by atoms with van der Waals surface area (Å²) in [6.45, 7) is 2.39. The Morgan fingerprint density at radius 2 is 2.15 bits per heavy atom. The summed E-state index contributed by atoms with van der Waals surface area (Å²) in [6, 6.07) is 6.82. The summed E-state index contributed by atoms with van der Waals surface area (Å²) in [4.78, 5) is 22.4. The van der Waals surface area contributed by atoms with E-state index >= 15 is 0 Å². The molecule has 0 spiro atoms. The van der Waals surface area contributed by atoms with Gasteiger partial charge in [-0.1, -0.05) is 13.0 Å². The van der Waals surface area contributed by atoms with E-state index in [9.17, 15) is 9.59 Å². The highest BCUT2D eigenvalue weighted by molar-refractivity contribution is 5.90. The fraction of sp³-hybridized carbons (Fsp3) is 0.429. The average Bonchev–Trinajstić information content (AvgIpc) is 2.43. The van der Waals surface area contributed by atoms with E-state index in [0.717, 1.165) is 6.42 Å². The monoisotopic (exact) mass is 279 g/mol. The number of carbonyl (C=O) groups excluding carboxylic acids is 2. The average molecular weight is 279 g/mol. The number of amides is 2. The maximum absolute atomic E-state index is 11.7. The first-order valence-corrected chi connectivity index (χ1v) is 6.52. The van der Waals surface area contributed by atoms with Gasteiger partial charge in [0.05, 0.1) is 0 Å². The first kappa shape index (κ1) is 16.0. The van der Waals surface area contributed by atoms with Gasteiger partial charge in [-0.05, 0) is 31.0 Å². The van der Waals surface area contributed by atoms with E-state index in [1.54, 1.807) is 24.3 Å². The van der Waals surface area contributed by atoms with Gasteiger partial charge in [0.2, 0.25) is 5.91 Å². The van der Waals surface area contributed by atoms with Gasteiger partial charge in [-0.2, -0.15) is 0 Å². The summed E-state index contributed by atoms with van der Waals surface area (Å²) in [5.41, 5.74) is 11.1. The van der Waals surface area contributed by atoms with Gasteiger partial charge in [-0.25, -0.2) is 0 Å². The summed E-state index contributed by atoms with van der Waals surface area (Å²) in [7, 11) is 0. The fourth-order valence-electron chi connectivity index (χ4n) is 1.54. The number of nitrogens with one attached hydrogen (secondary N) is 1. The van der Waals surface area contributed by atoms with E-state index in [-0.39, 0.29) is 12.5 Å². The smallest absolute Gasteiger partial charge is 0.255 e. The molecule has 2 amide bonds. The van der Waals surface area contributed by atoms with Gasteiger partial charge in [0, 0.05) is 18.2 Å². The van der Waals surface area contributed by atoms with Crippen molar-refractivity contribution >= 4 is 17.5 Å². The van der Waals surface area contributed by atoms with Gasteiger partial charge in [0.25, 0.3) is 5.91 Å². The largest absolute Gasteiger partial charge is 0.484 e. The van der Waals surface area contributed by atoms with Crippen LogP contribution in [0.4, 0.5) is 5.69 Å². The van der Waals surface area contributed by atoms with Crippen LogP contribution >= 0.6 is 0 Å². The van der Waals surface area contributed by atoms with E-state index in [1.807, 2.05) is 6.92 Å². The molecule has 20 heavy (non-hydrogen) atoms. The molecule has 0 bridgehead atoms. The molecular formula is C14H21N3O3. The topological polar surface area (TPSA) is 107 Å². The van der Waals surface area contributed by atoms with Crippen LogP contribution in [0.2, 0.25) is 0 Å². The lowest BCUT2D eigenvalue weighted by atomic mass is 10.1. The second-order valence-corrected chi connectivity index (χ2v) is 4.71. The second-order valence-electron chi connectivity index (χ2n) is 4.71. The van der Waals surface area contributed by atoms with Gasteiger partial charge in [-0.3, -0.25) is 9.59 Å². The lowest BCUT2D eigenvalue weighted by Crippen LogP contribution is -2.20. The summed E-state index contributed by atoms with van der Waals surface area (Å²) in [5.74, 6) is 0.190. The number of anilines is 1. The molecule has 1 aromatic rings. The van der Waals surface area contributed by atoms with E-state index in [4.69, 9.17) is 16.2 Å². The lowest BCUT2D eigenvalue weighted by Gasteiger charge is -2.10. The highest BCUT2D eigenvalue weighted by Crippen LogP contribution is 2.17. The summed E-state index contributed by atoms with van der Waals surface area (Å²) >= 11 is 0. The number of benzene rings is 1. The van der Waals surface area contributed by atoms with Crippen molar-refractivity contribution in [3.8, 4) is 5.75 Å². The molecule has 0 radical (unpaired) electrons. The number of hydrogen-bond acceptors (Lipinski definition) is 4. The molecule has 0 aliphatic carbocycles. The van der Waals surface area contributed by atoms with Gasteiger partial charge in [0.15, 0.2) is 6.61 Å². The van der Waals surface area contributed by atoms with Crippen LogP contribution in [0.25, 0.3) is 0 Å². The molecule has 0 saturated carbocycles. The number of nitrogens with two attached hydrogens (primary N) is 2. The molecule has 1 unspecified atom stereocenters. The number of hydrogen-bond donors (Lipinski definition) is 3. The van der Waals surface area contributed by atoms with Crippen LogP contribution in [-0.4, -0.2) is 25.0 Å². The van der Waals surface area contributed by atoms with Crippen molar-refractivity contribution < 1.29 is 14.3 Å². The van der Waals surface area contributed by atoms with Crippen LogP contribution in [0.3, 0.4) is 0 Å². The van der Waals surface area contributed by atoms with E-state index in [1.165, 1.54) is 0 Å². The minimum atomic E-state index is -0.546. The number of rotatable bonds is 8. The Morgan fingerprint density at radius 3 is 2.80 bits per heavy atom. The zero-order valence-electron chi connectivity index (χ0n) is 11.6. The fourth-order valence-corrected chi connectivity index (χ4v) is 1.54. The van der Waals surface area contributed by atoms with Crippen LogP contribution in [0, 0.1) is 5.92 Å². The van der Waals surface area contributed by atoms with Gasteiger partial charge < -0.3 is 21.5 Å². The Balaban J connectivity index is 2.48. The third-order valence-corrected chi connectivity index (χ3v) is 2.77. The molecule has 1 atom stereocenters. The Hall–Kier alpha value is -2.08. The molecule has 0 aromatic heterocycles. The van der Waals surface area contributed by atoms with Crippen LogP contribution in [-0.2, 0) is 9.59 Å². The van der Waals surface area contributed by atoms with Crippen molar-refractivity contribution in [2.75, 3.05) is 18.5 Å². The molecule has 6 heteroatoms. The van der Waals surface area contributed by atoms with Crippen LogP contribution in [0.15, 0.2) is 24.3 Å². The van der Waals surface area contributed by atoms with Crippen molar-refractivity contribution in [3.05, 3.63) is 24.3 Å². The van der Waals surface area contributed by atoms with Crippen LogP contribution in [0.5, 0.6) is 5.75 Å². The number of primary amides is 1. The molecule has 5 N–H and O–H groups in total. The van der Waals surface area contributed by atoms with E-state index in [0.29, 0.717) is 30.3 Å². The molecule has 0 saturated heterocycles. The van der Waals surface area contributed by atoms with Crippen molar-refractivity contribution in [1.82, 2.24) is 0 Å². The molecule has 1 rings (SSSR count). The van der Waals surface area contributed by atoms with Crippen molar-refractivity contribution in [1.29, 1.82) is 0 Å². The van der Waals surface area contributed by atoms with Crippen molar-refractivity contribution in [3.63, 3.8) is 0 Å². The Bertz CT molecular complexity index is 463. The van der Waals surface area contributed by atoms with Gasteiger partial charge >= 0.3 is 0 Å². The zero-order valence-corrected chi connectivity index (χ0v) is 11.6. The predicted octanol–water partition coefficient (Wildman–Crippen LogP) is 0.864. The molecule has 110 valence electrons. The third-order valence-electron chi connectivity index (χ3n) is 2.77. The number of ether oxygens (including phenoxy) is 1. The minimum absolute atomic E-state index is 0.0719. The molecule has 1 aromatic carbocycles. The highest BCUT2D eigenvalue weighted by Gasteiger charge is 2.06. The van der Waals surface area contributed by atoms with Crippen molar-refractivity contribution in [2.45, 2.75) is 19.8 Å². The lowest BCUT2D eigenvalue weighted by molar-refractivity contribution is -0.120. The summed E-state index contributed by atoms with van der Waals surface area (Å²) in [6.07, 6.45) is 1.17. The molecule has 0 aliphatic rings. The molecule has 0 fully saturated rings. The zero-order chi connectivity index (χ0) is 15.0. The van der Waals surface area contributed by atoms with Crippen molar-refractivity contribution in [2.24, 2.45) is 17.4 Å². The molecule has 0 heterocycles. The SMILES string of the molecule is CC(CN)CCC(=O)Nc1cccc(OCC(N)=O)c1. The predicted molar refractivity (Wildman–Crippen MR) is 77.2 cm³/mol. The van der Waals surface area contributed by atoms with E-state index < -0.39 is 5.91 Å². The Labute approximate surface area is 118 Å². The maximum Gasteiger partial charge on any atom is 0.255 e. The quantitative estimate of drug-likeness (QED) is 0.656.